The lowest BCUT2D eigenvalue weighted by molar-refractivity contribution is 0.0436. The highest BCUT2D eigenvalue weighted by Gasteiger charge is 2.26. The number of guanidine groups is 1. The lowest BCUT2D eigenvalue weighted by Gasteiger charge is -2.28. The Bertz CT molecular complexity index is 414. The molecule has 114 valence electrons. The molecule has 1 aliphatic rings. The first kappa shape index (κ1) is 17.3. The van der Waals surface area contributed by atoms with Crippen molar-refractivity contribution >= 4 is 29.9 Å². The first-order valence-corrected chi connectivity index (χ1v) is 6.93. The van der Waals surface area contributed by atoms with E-state index in [0.717, 1.165) is 12.5 Å². The number of furan rings is 1. The third kappa shape index (κ3) is 4.66. The molecule has 0 saturated heterocycles. The van der Waals surface area contributed by atoms with E-state index < -0.39 is 5.60 Å². The van der Waals surface area contributed by atoms with Gasteiger partial charge in [-0.2, -0.15) is 0 Å². The maximum absolute atomic E-state index is 10.3. The van der Waals surface area contributed by atoms with E-state index in [9.17, 15) is 5.11 Å². The monoisotopic (exact) mass is 393 g/mol. The summed E-state index contributed by atoms with van der Waals surface area (Å²) in [5.41, 5.74) is -1.08. The molecule has 1 heterocycles. The number of nitrogens with zero attached hydrogens (tertiary/aromatic N) is 1. The Morgan fingerprint density at radius 3 is 2.80 bits per heavy atom. The molecule has 0 spiro atoms. The summed E-state index contributed by atoms with van der Waals surface area (Å²) < 4.78 is 5.24. The van der Waals surface area contributed by atoms with Crippen LogP contribution >= 0.6 is 24.0 Å². The molecular weight excluding hydrogens is 369 g/mol. The predicted octanol–water partition coefficient (Wildman–Crippen LogP) is 2.21. The molecule has 1 atom stereocenters. The van der Waals surface area contributed by atoms with E-state index in [2.05, 4.69) is 15.6 Å². The molecule has 3 N–H and O–H groups in total. The molecule has 1 unspecified atom stereocenters. The minimum atomic E-state index is -1.08. The first-order valence-electron chi connectivity index (χ1n) is 6.93. The van der Waals surface area contributed by atoms with Crippen molar-refractivity contribution in [2.45, 2.75) is 44.8 Å². The first-order chi connectivity index (χ1) is 9.12. The summed E-state index contributed by atoms with van der Waals surface area (Å²) in [4.78, 5) is 4.45. The van der Waals surface area contributed by atoms with E-state index in [0.29, 0.717) is 11.8 Å². The highest BCUT2D eigenvalue weighted by Crippen LogP contribution is 2.21. The van der Waals surface area contributed by atoms with Crippen molar-refractivity contribution in [3.63, 3.8) is 0 Å². The number of aliphatic hydroxyl groups is 1. The number of rotatable bonds is 5. The van der Waals surface area contributed by atoms with Crippen LogP contribution in [0, 0.1) is 0 Å². The van der Waals surface area contributed by atoms with E-state index in [4.69, 9.17) is 4.42 Å². The van der Waals surface area contributed by atoms with Gasteiger partial charge in [0.05, 0.1) is 12.8 Å². The number of nitrogens with one attached hydrogen (secondary N) is 2. The van der Waals surface area contributed by atoms with Crippen LogP contribution in [0.25, 0.3) is 0 Å². The summed E-state index contributed by atoms with van der Waals surface area (Å²) in [6, 6.07) is 4.05. The molecular formula is C14H24IN3O2. The van der Waals surface area contributed by atoms with Gasteiger partial charge in [0.2, 0.25) is 0 Å². The largest absolute Gasteiger partial charge is 0.466 e. The van der Waals surface area contributed by atoms with Crippen LogP contribution in [0.15, 0.2) is 27.8 Å². The fourth-order valence-corrected chi connectivity index (χ4v) is 1.96. The van der Waals surface area contributed by atoms with E-state index >= 15 is 0 Å². The lowest BCUT2D eigenvalue weighted by atomic mass is 9.93. The van der Waals surface area contributed by atoms with Crippen LogP contribution in [-0.4, -0.2) is 30.2 Å². The van der Waals surface area contributed by atoms with Gasteiger partial charge in [0.25, 0.3) is 0 Å². The van der Waals surface area contributed by atoms with Gasteiger partial charge in [0, 0.05) is 12.6 Å². The zero-order chi connectivity index (χ0) is 13.7. The Morgan fingerprint density at radius 1 is 1.55 bits per heavy atom. The van der Waals surface area contributed by atoms with Gasteiger partial charge in [-0.15, -0.1) is 24.0 Å². The van der Waals surface area contributed by atoms with Gasteiger partial charge in [-0.25, -0.2) is 4.99 Å². The van der Waals surface area contributed by atoms with Gasteiger partial charge in [0.15, 0.2) is 5.96 Å². The summed E-state index contributed by atoms with van der Waals surface area (Å²) in [7, 11) is 0. The quantitative estimate of drug-likeness (QED) is 0.408. The molecule has 2 rings (SSSR count). The average molecular weight is 393 g/mol. The van der Waals surface area contributed by atoms with Gasteiger partial charge in [-0.1, -0.05) is 0 Å². The third-order valence-electron chi connectivity index (χ3n) is 3.39. The zero-order valence-electron chi connectivity index (χ0n) is 12.1. The van der Waals surface area contributed by atoms with Crippen LogP contribution in [-0.2, 0) is 5.60 Å². The molecule has 1 aromatic rings. The third-order valence-corrected chi connectivity index (χ3v) is 3.39. The van der Waals surface area contributed by atoms with E-state index in [-0.39, 0.29) is 30.5 Å². The second-order valence-corrected chi connectivity index (χ2v) is 5.22. The van der Waals surface area contributed by atoms with Crippen LogP contribution < -0.4 is 10.6 Å². The van der Waals surface area contributed by atoms with Crippen molar-refractivity contribution in [1.29, 1.82) is 0 Å². The van der Waals surface area contributed by atoms with Crippen LogP contribution in [0.3, 0.4) is 0 Å². The molecule has 1 aliphatic carbocycles. The fraction of sp³-hybridized carbons (Fsp3) is 0.643. The molecule has 1 aromatic heterocycles. The Morgan fingerprint density at radius 2 is 2.30 bits per heavy atom. The van der Waals surface area contributed by atoms with Crippen molar-refractivity contribution in [3.05, 3.63) is 24.2 Å². The summed E-state index contributed by atoms with van der Waals surface area (Å²) in [5.74, 6) is 1.30. The second kappa shape index (κ2) is 7.87. The number of halogens is 1. The van der Waals surface area contributed by atoms with Crippen LogP contribution in [0.1, 0.15) is 38.9 Å². The van der Waals surface area contributed by atoms with Crippen LogP contribution in [0.2, 0.25) is 0 Å². The summed E-state index contributed by atoms with van der Waals surface area (Å²) in [6.45, 7) is 4.81. The number of hydrogen-bond donors (Lipinski definition) is 3. The molecule has 0 aliphatic heterocycles. The van der Waals surface area contributed by atoms with Crippen LogP contribution in [0.5, 0.6) is 0 Å². The average Bonchev–Trinajstić information content (AvgIpc) is 2.85. The molecule has 20 heavy (non-hydrogen) atoms. The van der Waals surface area contributed by atoms with Crippen molar-refractivity contribution in [1.82, 2.24) is 10.6 Å². The van der Waals surface area contributed by atoms with E-state index in [1.807, 2.05) is 6.92 Å². The summed E-state index contributed by atoms with van der Waals surface area (Å²) >= 11 is 0. The van der Waals surface area contributed by atoms with Crippen molar-refractivity contribution in [2.24, 2.45) is 4.99 Å². The minimum Gasteiger partial charge on any atom is -0.466 e. The Balaban J connectivity index is 0.00000200. The highest BCUT2D eigenvalue weighted by atomic mass is 127. The SMILES string of the molecule is CCNC(=NCC(C)(O)c1ccco1)NC1CCC1.I. The Kier molecular flexibility index (Phi) is 6.81. The van der Waals surface area contributed by atoms with Gasteiger partial charge in [-0.05, 0) is 45.2 Å². The second-order valence-electron chi connectivity index (χ2n) is 5.22. The standard InChI is InChI=1S/C14H23N3O2.HI/c1-3-15-13(17-11-6-4-7-11)16-10-14(2,18)12-8-5-9-19-12;/h5,8-9,11,18H,3-4,6-7,10H2,1-2H3,(H2,15,16,17);1H. The normalized spacial score (nSPS) is 18.6. The molecule has 6 heteroatoms. The molecule has 0 radical (unpaired) electrons. The topological polar surface area (TPSA) is 69.8 Å². The highest BCUT2D eigenvalue weighted by molar-refractivity contribution is 14.0. The maximum atomic E-state index is 10.3. The number of aliphatic imine (C=N–C) groups is 1. The summed E-state index contributed by atoms with van der Waals surface area (Å²) in [5, 5.41) is 16.9. The predicted molar refractivity (Wildman–Crippen MR) is 90.4 cm³/mol. The van der Waals surface area contributed by atoms with Crippen LogP contribution in [0.4, 0.5) is 0 Å². The van der Waals surface area contributed by atoms with Crippen molar-refractivity contribution < 1.29 is 9.52 Å². The zero-order valence-corrected chi connectivity index (χ0v) is 14.4. The smallest absolute Gasteiger partial charge is 0.191 e. The fourth-order valence-electron chi connectivity index (χ4n) is 1.96. The van der Waals surface area contributed by atoms with Crippen molar-refractivity contribution in [2.75, 3.05) is 13.1 Å². The van der Waals surface area contributed by atoms with Gasteiger partial charge in [-0.3, -0.25) is 0 Å². The molecule has 5 nitrogen and oxygen atoms in total. The molecule has 0 bridgehead atoms. The van der Waals surface area contributed by atoms with E-state index in [1.54, 1.807) is 25.3 Å². The van der Waals surface area contributed by atoms with E-state index in [1.165, 1.54) is 19.3 Å². The van der Waals surface area contributed by atoms with Gasteiger partial charge < -0.3 is 20.2 Å². The molecule has 1 saturated carbocycles. The van der Waals surface area contributed by atoms with Crippen molar-refractivity contribution in [3.8, 4) is 0 Å². The molecule has 1 fully saturated rings. The molecule has 0 aromatic carbocycles. The Hall–Kier alpha value is -0.760. The maximum Gasteiger partial charge on any atom is 0.191 e. The minimum absolute atomic E-state index is 0. The lowest BCUT2D eigenvalue weighted by Crippen LogP contribution is -2.46. The van der Waals surface area contributed by atoms with Gasteiger partial charge in [0.1, 0.15) is 11.4 Å². The number of hydrogen-bond acceptors (Lipinski definition) is 3. The Labute approximate surface area is 137 Å². The van der Waals surface area contributed by atoms with Gasteiger partial charge >= 0.3 is 0 Å². The summed E-state index contributed by atoms with van der Waals surface area (Å²) in [6.07, 6.45) is 5.23. The molecule has 0 amide bonds.